The molecular formula is C27H23ClF3N5O5. The molecule has 0 atom stereocenters. The Morgan fingerprint density at radius 3 is 2.29 bits per heavy atom. The zero-order chi connectivity index (χ0) is 29.9. The second kappa shape index (κ2) is 11.5. The van der Waals surface area contributed by atoms with Crippen LogP contribution in [0.2, 0.25) is 5.02 Å². The van der Waals surface area contributed by atoms with Crippen LogP contribution in [0.15, 0.2) is 76.4 Å². The fraction of sp³-hybridized carbons (Fsp3) is 0.222. The van der Waals surface area contributed by atoms with E-state index in [0.29, 0.717) is 16.3 Å². The number of carbonyl (C=O) groups is 1. The SMILES string of the molecule is CC(C)(Cn1c(=O)nc(Nc2ccc(Oc3cc(C(F)(F)F)ccn3)cc2)n(Cc2ccc(Cl)cc2)c1=O)C(=O)O. The Morgan fingerprint density at radius 2 is 1.68 bits per heavy atom. The zero-order valence-electron chi connectivity index (χ0n) is 21.6. The number of anilines is 2. The number of hydrogen-bond acceptors (Lipinski definition) is 7. The van der Waals surface area contributed by atoms with Crippen molar-refractivity contribution in [2.24, 2.45) is 5.41 Å². The maximum atomic E-state index is 13.4. The van der Waals surface area contributed by atoms with Gasteiger partial charge < -0.3 is 15.2 Å². The molecule has 0 fully saturated rings. The highest BCUT2D eigenvalue weighted by Crippen LogP contribution is 2.32. The van der Waals surface area contributed by atoms with Gasteiger partial charge in [-0.15, -0.1) is 0 Å². The van der Waals surface area contributed by atoms with Crippen molar-refractivity contribution in [1.29, 1.82) is 0 Å². The van der Waals surface area contributed by atoms with E-state index >= 15 is 0 Å². The molecule has 0 spiro atoms. The van der Waals surface area contributed by atoms with E-state index in [9.17, 15) is 32.7 Å². The summed E-state index contributed by atoms with van der Waals surface area (Å²) in [6, 6.07) is 14.1. The van der Waals surface area contributed by atoms with Crippen LogP contribution in [0, 0.1) is 5.41 Å². The summed E-state index contributed by atoms with van der Waals surface area (Å²) in [4.78, 5) is 45.7. The molecule has 4 aromatic rings. The fourth-order valence-corrected chi connectivity index (χ4v) is 3.76. The van der Waals surface area contributed by atoms with Crippen molar-refractivity contribution in [3.05, 3.63) is 104 Å². The van der Waals surface area contributed by atoms with E-state index in [1.165, 1.54) is 42.7 Å². The monoisotopic (exact) mass is 589 g/mol. The highest BCUT2D eigenvalue weighted by atomic mass is 35.5. The number of nitrogens with zero attached hydrogens (tertiary/aromatic N) is 4. The van der Waals surface area contributed by atoms with Crippen LogP contribution in [0.25, 0.3) is 0 Å². The third-order valence-corrected chi connectivity index (χ3v) is 6.18. The van der Waals surface area contributed by atoms with E-state index < -0.39 is 41.0 Å². The van der Waals surface area contributed by atoms with Crippen LogP contribution in [0.4, 0.5) is 24.8 Å². The van der Waals surface area contributed by atoms with Gasteiger partial charge >= 0.3 is 23.5 Å². The smallest absolute Gasteiger partial charge is 0.416 e. The van der Waals surface area contributed by atoms with Gasteiger partial charge in [0.05, 0.1) is 17.5 Å². The highest BCUT2D eigenvalue weighted by Gasteiger charge is 2.31. The molecule has 0 amide bonds. The van der Waals surface area contributed by atoms with E-state index in [2.05, 4.69) is 15.3 Å². The van der Waals surface area contributed by atoms with Crippen molar-refractivity contribution in [1.82, 2.24) is 19.1 Å². The number of pyridine rings is 1. The molecule has 0 unspecified atom stereocenters. The number of alkyl halides is 3. The lowest BCUT2D eigenvalue weighted by atomic mass is 9.94. The van der Waals surface area contributed by atoms with E-state index in [1.807, 2.05) is 0 Å². The van der Waals surface area contributed by atoms with Gasteiger partial charge in [0.25, 0.3) is 0 Å². The lowest BCUT2D eigenvalue weighted by Crippen LogP contribution is -2.46. The van der Waals surface area contributed by atoms with Crippen LogP contribution < -0.4 is 21.4 Å². The Kier molecular flexibility index (Phi) is 8.19. The minimum atomic E-state index is -4.55. The standard InChI is InChI=1S/C27H23ClF3N5O5/c1-26(2,22(37)38)15-36-24(39)34-23(35(25(36)40)14-16-3-5-18(28)6-4-16)33-19-7-9-20(10-8-19)41-21-13-17(11-12-32-21)27(29,30)31/h3-13H,14-15H2,1-2H3,(H,37,38)(H,33,34,39). The number of halogens is 4. The summed E-state index contributed by atoms with van der Waals surface area (Å²) >= 11 is 5.97. The Balaban J connectivity index is 1.65. The van der Waals surface area contributed by atoms with Crippen LogP contribution >= 0.6 is 11.6 Å². The number of rotatable bonds is 9. The van der Waals surface area contributed by atoms with Crippen LogP contribution in [-0.2, 0) is 24.1 Å². The Labute approximate surface area is 235 Å². The predicted octanol–water partition coefficient (Wildman–Crippen LogP) is 5.17. The van der Waals surface area contributed by atoms with Gasteiger partial charge in [-0.25, -0.2) is 19.1 Å². The molecule has 0 radical (unpaired) electrons. The number of hydrogen-bond donors (Lipinski definition) is 2. The van der Waals surface area contributed by atoms with E-state index in [0.717, 1.165) is 22.9 Å². The van der Waals surface area contributed by atoms with Crippen LogP contribution in [0.5, 0.6) is 11.6 Å². The van der Waals surface area contributed by atoms with Gasteiger partial charge in [-0.2, -0.15) is 18.2 Å². The maximum Gasteiger partial charge on any atom is 0.416 e. The summed E-state index contributed by atoms with van der Waals surface area (Å²) in [5.74, 6) is -1.39. The van der Waals surface area contributed by atoms with Gasteiger partial charge in [-0.3, -0.25) is 9.36 Å². The third kappa shape index (κ3) is 7.11. The molecule has 10 nitrogen and oxygen atoms in total. The van der Waals surface area contributed by atoms with Gasteiger partial charge in [-0.1, -0.05) is 23.7 Å². The van der Waals surface area contributed by atoms with Gasteiger partial charge in [0.2, 0.25) is 11.8 Å². The summed E-state index contributed by atoms with van der Waals surface area (Å²) in [5.41, 5.74) is -3.05. The number of carboxylic acid groups (broad SMARTS) is 1. The lowest BCUT2D eigenvalue weighted by Gasteiger charge is -2.21. The van der Waals surface area contributed by atoms with Crippen LogP contribution in [-0.4, -0.2) is 30.2 Å². The van der Waals surface area contributed by atoms with Crippen molar-refractivity contribution in [3.63, 3.8) is 0 Å². The summed E-state index contributed by atoms with van der Waals surface area (Å²) < 4.78 is 46.3. The highest BCUT2D eigenvalue weighted by molar-refractivity contribution is 6.30. The number of benzene rings is 2. The minimum Gasteiger partial charge on any atom is -0.481 e. The lowest BCUT2D eigenvalue weighted by molar-refractivity contribution is -0.147. The molecule has 2 aromatic heterocycles. The molecule has 2 heterocycles. The number of carboxylic acids is 1. The van der Waals surface area contributed by atoms with Crippen LogP contribution in [0.3, 0.4) is 0 Å². The Morgan fingerprint density at radius 1 is 1.02 bits per heavy atom. The summed E-state index contributed by atoms with van der Waals surface area (Å²) in [5, 5.41) is 12.9. The minimum absolute atomic E-state index is 0.0263. The second-order valence-electron chi connectivity index (χ2n) is 9.62. The van der Waals surface area contributed by atoms with Gasteiger partial charge in [0.1, 0.15) is 5.75 Å². The summed E-state index contributed by atoms with van der Waals surface area (Å²) in [7, 11) is 0. The van der Waals surface area contributed by atoms with Crippen molar-refractivity contribution in [3.8, 4) is 11.6 Å². The van der Waals surface area contributed by atoms with Gasteiger partial charge in [0, 0.05) is 29.5 Å². The Bertz CT molecular complexity index is 1680. The summed E-state index contributed by atoms with van der Waals surface area (Å²) in [6.45, 7) is 2.33. The first kappa shape index (κ1) is 29.3. The van der Waals surface area contributed by atoms with Gasteiger partial charge in [-0.05, 0) is 61.9 Å². The van der Waals surface area contributed by atoms with Crippen molar-refractivity contribution in [2.45, 2.75) is 33.1 Å². The molecule has 0 saturated heterocycles. The van der Waals surface area contributed by atoms with E-state index in [4.69, 9.17) is 16.3 Å². The molecule has 214 valence electrons. The number of aliphatic carboxylic acids is 1. The van der Waals surface area contributed by atoms with Crippen molar-refractivity contribution < 1.29 is 27.8 Å². The van der Waals surface area contributed by atoms with Crippen LogP contribution in [0.1, 0.15) is 25.0 Å². The average Bonchev–Trinajstić information content (AvgIpc) is 2.90. The van der Waals surface area contributed by atoms with E-state index in [-0.39, 0.29) is 24.1 Å². The molecule has 0 aliphatic heterocycles. The molecule has 4 rings (SSSR count). The normalized spacial score (nSPS) is 11.8. The number of ether oxygens (including phenoxy) is 1. The molecule has 41 heavy (non-hydrogen) atoms. The summed E-state index contributed by atoms with van der Waals surface area (Å²) in [6.07, 6.45) is -3.57. The Hall–Kier alpha value is -4.65. The third-order valence-electron chi connectivity index (χ3n) is 5.93. The quantitative estimate of drug-likeness (QED) is 0.274. The number of aromatic nitrogens is 4. The van der Waals surface area contributed by atoms with Crippen molar-refractivity contribution in [2.75, 3.05) is 5.32 Å². The second-order valence-corrected chi connectivity index (χ2v) is 10.1. The molecule has 0 bridgehead atoms. The topological polar surface area (TPSA) is 128 Å². The molecule has 0 saturated carbocycles. The molecule has 0 aliphatic rings. The number of nitrogens with one attached hydrogen (secondary N) is 1. The largest absolute Gasteiger partial charge is 0.481 e. The first-order chi connectivity index (χ1) is 19.2. The predicted molar refractivity (Wildman–Crippen MR) is 144 cm³/mol. The zero-order valence-corrected chi connectivity index (χ0v) is 22.4. The van der Waals surface area contributed by atoms with E-state index in [1.54, 1.807) is 24.3 Å². The molecular weight excluding hydrogens is 567 g/mol. The molecule has 2 aromatic carbocycles. The molecule has 14 heteroatoms. The first-order valence-electron chi connectivity index (χ1n) is 12.0. The van der Waals surface area contributed by atoms with Crippen molar-refractivity contribution >= 4 is 29.2 Å². The maximum absolute atomic E-state index is 13.4. The van der Waals surface area contributed by atoms with Gasteiger partial charge in [0.15, 0.2) is 0 Å². The fourth-order valence-electron chi connectivity index (χ4n) is 3.64. The average molecular weight is 590 g/mol. The molecule has 2 N–H and O–H groups in total. The first-order valence-corrected chi connectivity index (χ1v) is 12.4. The molecule has 0 aliphatic carbocycles.